The predicted molar refractivity (Wildman–Crippen MR) is 97.5 cm³/mol. The van der Waals surface area contributed by atoms with E-state index in [1.165, 1.54) is 29.8 Å². The standard InChI is InChI=1S/C17H14N2O3S2/c1-22-13-7-6-11(18-16(20)14-4-2-8-23-14)10-12(13)19-17(21)15-5-3-9-24-15/h2-10H,1H3,(H,18,20)(H,19,21). The third-order valence-electron chi connectivity index (χ3n) is 3.20. The number of thiophene rings is 2. The molecule has 24 heavy (non-hydrogen) atoms. The van der Waals surface area contributed by atoms with Crippen molar-refractivity contribution in [2.45, 2.75) is 0 Å². The lowest BCUT2D eigenvalue weighted by atomic mass is 10.2. The summed E-state index contributed by atoms with van der Waals surface area (Å²) in [6.07, 6.45) is 0. The highest BCUT2D eigenvalue weighted by Gasteiger charge is 2.13. The van der Waals surface area contributed by atoms with Gasteiger partial charge in [-0.2, -0.15) is 0 Å². The summed E-state index contributed by atoms with van der Waals surface area (Å²) in [7, 11) is 1.53. The maximum Gasteiger partial charge on any atom is 0.265 e. The van der Waals surface area contributed by atoms with E-state index in [4.69, 9.17) is 4.74 Å². The smallest absolute Gasteiger partial charge is 0.265 e. The molecule has 0 aliphatic carbocycles. The van der Waals surface area contributed by atoms with E-state index in [9.17, 15) is 9.59 Å². The summed E-state index contributed by atoms with van der Waals surface area (Å²) < 4.78 is 5.27. The van der Waals surface area contributed by atoms with E-state index in [0.29, 0.717) is 26.9 Å². The summed E-state index contributed by atoms with van der Waals surface area (Å²) in [5.41, 5.74) is 1.08. The largest absolute Gasteiger partial charge is 0.495 e. The summed E-state index contributed by atoms with van der Waals surface area (Å²) in [6.45, 7) is 0. The summed E-state index contributed by atoms with van der Waals surface area (Å²) in [5, 5.41) is 9.30. The maximum absolute atomic E-state index is 12.2. The Bertz CT molecular complexity index is 843. The third-order valence-corrected chi connectivity index (χ3v) is 4.93. The van der Waals surface area contributed by atoms with Gasteiger partial charge in [0.15, 0.2) is 0 Å². The molecule has 2 aromatic heterocycles. The van der Waals surface area contributed by atoms with Crippen molar-refractivity contribution in [3.8, 4) is 5.75 Å². The van der Waals surface area contributed by atoms with Gasteiger partial charge in [-0.3, -0.25) is 9.59 Å². The average Bonchev–Trinajstić information content (AvgIpc) is 3.28. The topological polar surface area (TPSA) is 67.4 Å². The van der Waals surface area contributed by atoms with Gasteiger partial charge in [0.2, 0.25) is 0 Å². The molecule has 0 saturated carbocycles. The molecular weight excluding hydrogens is 344 g/mol. The normalized spacial score (nSPS) is 10.2. The molecule has 1 aromatic carbocycles. The lowest BCUT2D eigenvalue weighted by molar-refractivity contribution is 0.102. The van der Waals surface area contributed by atoms with E-state index in [2.05, 4.69) is 10.6 Å². The highest BCUT2D eigenvalue weighted by molar-refractivity contribution is 7.12. The Morgan fingerprint density at radius 2 is 1.54 bits per heavy atom. The van der Waals surface area contributed by atoms with Gasteiger partial charge in [0, 0.05) is 5.69 Å². The summed E-state index contributed by atoms with van der Waals surface area (Å²) >= 11 is 2.72. The predicted octanol–water partition coefficient (Wildman–Crippen LogP) is 4.32. The van der Waals surface area contributed by atoms with Crippen molar-refractivity contribution in [1.82, 2.24) is 0 Å². The first kappa shape index (κ1) is 16.2. The van der Waals surface area contributed by atoms with Gasteiger partial charge in [-0.25, -0.2) is 0 Å². The van der Waals surface area contributed by atoms with Crippen molar-refractivity contribution < 1.29 is 14.3 Å². The molecule has 0 fully saturated rings. The minimum absolute atomic E-state index is 0.189. The number of hydrogen-bond acceptors (Lipinski definition) is 5. The van der Waals surface area contributed by atoms with Crippen molar-refractivity contribution in [2.75, 3.05) is 17.7 Å². The Balaban J connectivity index is 1.80. The molecule has 0 spiro atoms. The van der Waals surface area contributed by atoms with Gasteiger partial charge in [0.05, 0.1) is 22.6 Å². The SMILES string of the molecule is COc1ccc(NC(=O)c2cccs2)cc1NC(=O)c1cccs1. The van der Waals surface area contributed by atoms with Crippen molar-refractivity contribution in [3.05, 3.63) is 63.0 Å². The van der Waals surface area contributed by atoms with Crippen LogP contribution in [0.1, 0.15) is 19.3 Å². The molecule has 7 heteroatoms. The van der Waals surface area contributed by atoms with E-state index in [-0.39, 0.29) is 11.8 Å². The summed E-state index contributed by atoms with van der Waals surface area (Å²) in [6, 6.07) is 12.2. The second-order valence-corrected chi connectivity index (χ2v) is 6.67. The first-order chi connectivity index (χ1) is 11.7. The number of carbonyl (C=O) groups is 2. The van der Waals surface area contributed by atoms with Crippen LogP contribution in [0, 0.1) is 0 Å². The van der Waals surface area contributed by atoms with E-state index >= 15 is 0 Å². The van der Waals surface area contributed by atoms with Crippen LogP contribution < -0.4 is 15.4 Å². The van der Waals surface area contributed by atoms with Crippen LogP contribution in [0.3, 0.4) is 0 Å². The first-order valence-corrected chi connectivity index (χ1v) is 8.81. The number of carbonyl (C=O) groups excluding carboxylic acids is 2. The monoisotopic (exact) mass is 358 g/mol. The molecule has 5 nitrogen and oxygen atoms in total. The average molecular weight is 358 g/mol. The minimum atomic E-state index is -0.218. The Morgan fingerprint density at radius 1 is 0.917 bits per heavy atom. The Morgan fingerprint density at radius 3 is 2.08 bits per heavy atom. The molecule has 0 radical (unpaired) electrons. The quantitative estimate of drug-likeness (QED) is 0.714. The minimum Gasteiger partial charge on any atom is -0.495 e. The number of methoxy groups -OCH3 is 1. The van der Waals surface area contributed by atoms with E-state index in [1.807, 2.05) is 22.9 Å². The molecular formula is C17H14N2O3S2. The van der Waals surface area contributed by atoms with Gasteiger partial charge < -0.3 is 15.4 Å². The van der Waals surface area contributed by atoms with Gasteiger partial charge in [0.1, 0.15) is 5.75 Å². The van der Waals surface area contributed by atoms with Crippen LogP contribution in [0.25, 0.3) is 0 Å². The van der Waals surface area contributed by atoms with Crippen molar-refractivity contribution >= 4 is 45.9 Å². The van der Waals surface area contributed by atoms with Crippen LogP contribution in [-0.2, 0) is 0 Å². The molecule has 3 aromatic rings. The molecule has 0 bridgehead atoms. The molecule has 0 unspecified atom stereocenters. The first-order valence-electron chi connectivity index (χ1n) is 7.05. The summed E-state index contributed by atoms with van der Waals surface area (Å²) in [5.74, 6) is 0.116. The van der Waals surface area contributed by atoms with E-state index < -0.39 is 0 Å². The zero-order valence-corrected chi connectivity index (χ0v) is 14.4. The van der Waals surface area contributed by atoms with E-state index in [1.54, 1.807) is 30.3 Å². The van der Waals surface area contributed by atoms with Crippen molar-refractivity contribution in [3.63, 3.8) is 0 Å². The fourth-order valence-electron chi connectivity index (χ4n) is 2.08. The van der Waals surface area contributed by atoms with Crippen molar-refractivity contribution in [2.24, 2.45) is 0 Å². The van der Waals surface area contributed by atoms with Crippen LogP contribution in [0.2, 0.25) is 0 Å². The number of hydrogen-bond donors (Lipinski definition) is 2. The molecule has 3 rings (SSSR count). The molecule has 0 aliphatic heterocycles. The van der Waals surface area contributed by atoms with Gasteiger partial charge in [-0.05, 0) is 41.1 Å². The number of ether oxygens (including phenoxy) is 1. The number of rotatable bonds is 5. The van der Waals surface area contributed by atoms with Gasteiger partial charge in [-0.15, -0.1) is 22.7 Å². The second kappa shape index (κ2) is 7.29. The van der Waals surface area contributed by atoms with E-state index in [0.717, 1.165) is 0 Å². The molecule has 2 N–H and O–H groups in total. The van der Waals surface area contributed by atoms with Gasteiger partial charge in [0.25, 0.3) is 11.8 Å². The van der Waals surface area contributed by atoms with Crippen LogP contribution in [0.15, 0.2) is 53.2 Å². The zero-order chi connectivity index (χ0) is 16.9. The number of nitrogens with one attached hydrogen (secondary N) is 2. The zero-order valence-electron chi connectivity index (χ0n) is 12.7. The Labute approximate surface area is 146 Å². The van der Waals surface area contributed by atoms with Crippen LogP contribution in [0.4, 0.5) is 11.4 Å². The summed E-state index contributed by atoms with van der Waals surface area (Å²) in [4.78, 5) is 25.6. The fraction of sp³-hybridized carbons (Fsp3) is 0.0588. The number of benzene rings is 1. The second-order valence-electron chi connectivity index (χ2n) is 4.78. The fourth-order valence-corrected chi connectivity index (χ4v) is 3.31. The molecule has 0 atom stereocenters. The van der Waals surface area contributed by atoms with Crippen molar-refractivity contribution in [1.29, 1.82) is 0 Å². The Kier molecular flexibility index (Phi) is 4.93. The molecule has 0 saturated heterocycles. The lowest BCUT2D eigenvalue weighted by Gasteiger charge is -2.12. The molecule has 2 heterocycles. The molecule has 0 aliphatic rings. The van der Waals surface area contributed by atoms with Crippen LogP contribution in [-0.4, -0.2) is 18.9 Å². The maximum atomic E-state index is 12.2. The van der Waals surface area contributed by atoms with Crippen LogP contribution >= 0.6 is 22.7 Å². The number of amides is 2. The van der Waals surface area contributed by atoms with Gasteiger partial charge in [-0.1, -0.05) is 12.1 Å². The lowest BCUT2D eigenvalue weighted by Crippen LogP contribution is -2.13. The third kappa shape index (κ3) is 3.64. The highest BCUT2D eigenvalue weighted by atomic mass is 32.1. The molecule has 2 amide bonds. The Hall–Kier alpha value is -2.64. The highest BCUT2D eigenvalue weighted by Crippen LogP contribution is 2.29. The molecule has 122 valence electrons. The number of anilines is 2. The van der Waals surface area contributed by atoms with Gasteiger partial charge >= 0.3 is 0 Å². The van der Waals surface area contributed by atoms with Crippen LogP contribution in [0.5, 0.6) is 5.75 Å².